The third-order valence-electron chi connectivity index (χ3n) is 3.44. The number of likely N-dealkylation sites (tertiary alicyclic amines) is 1. The van der Waals surface area contributed by atoms with Gasteiger partial charge in [-0.3, -0.25) is 9.69 Å². The van der Waals surface area contributed by atoms with E-state index in [1.807, 2.05) is 0 Å². The van der Waals surface area contributed by atoms with Crippen molar-refractivity contribution >= 4 is 5.78 Å². The zero-order chi connectivity index (χ0) is 9.42. The molecule has 3 heteroatoms. The Hall–Kier alpha value is -0.410. The first-order valence-electron chi connectivity index (χ1n) is 5.00. The number of ketones is 1. The monoisotopic (exact) mass is 183 g/mol. The molecule has 3 nitrogen and oxygen atoms in total. The van der Waals surface area contributed by atoms with E-state index in [0.29, 0.717) is 17.7 Å². The minimum atomic E-state index is 0.150. The van der Waals surface area contributed by atoms with Gasteiger partial charge in [-0.15, -0.1) is 0 Å². The Morgan fingerprint density at radius 1 is 1.54 bits per heavy atom. The number of carbonyl (C=O) groups excluding carboxylic acids is 1. The summed E-state index contributed by atoms with van der Waals surface area (Å²) in [6.45, 7) is 3.40. The van der Waals surface area contributed by atoms with Gasteiger partial charge in [0, 0.05) is 12.6 Å². The van der Waals surface area contributed by atoms with Crippen molar-refractivity contribution in [1.29, 1.82) is 0 Å². The summed E-state index contributed by atoms with van der Waals surface area (Å²) in [7, 11) is 2.07. The van der Waals surface area contributed by atoms with E-state index in [1.54, 1.807) is 6.92 Å². The Labute approximate surface area is 79.0 Å². The predicted molar refractivity (Wildman–Crippen MR) is 49.6 cm³/mol. The van der Waals surface area contributed by atoms with E-state index in [9.17, 15) is 4.79 Å². The van der Waals surface area contributed by atoms with Gasteiger partial charge in [0.25, 0.3) is 0 Å². The summed E-state index contributed by atoms with van der Waals surface area (Å²) in [6, 6.07) is 0.736. The zero-order valence-corrected chi connectivity index (χ0v) is 8.32. The molecule has 3 atom stereocenters. The molecule has 2 fully saturated rings. The Morgan fingerprint density at radius 2 is 2.31 bits per heavy atom. The Kier molecular flexibility index (Phi) is 2.39. The van der Waals surface area contributed by atoms with Crippen molar-refractivity contribution in [2.45, 2.75) is 31.8 Å². The molecule has 2 aliphatic heterocycles. The van der Waals surface area contributed by atoms with Gasteiger partial charge < -0.3 is 4.74 Å². The number of Topliss-reactive ketones (excluding diaryl/α,β-unsaturated/α-hetero) is 1. The van der Waals surface area contributed by atoms with Crippen molar-refractivity contribution in [2.24, 2.45) is 5.92 Å². The van der Waals surface area contributed by atoms with Crippen molar-refractivity contribution in [3.05, 3.63) is 0 Å². The molecule has 74 valence electrons. The van der Waals surface area contributed by atoms with Crippen LogP contribution in [0.5, 0.6) is 0 Å². The molecule has 0 radical (unpaired) electrons. The predicted octanol–water partition coefficient (Wildman–Crippen LogP) is 0.685. The maximum absolute atomic E-state index is 11.3. The molecule has 2 aliphatic rings. The molecule has 13 heavy (non-hydrogen) atoms. The van der Waals surface area contributed by atoms with Gasteiger partial charge in [0.15, 0.2) is 0 Å². The van der Waals surface area contributed by atoms with Gasteiger partial charge in [-0.2, -0.15) is 0 Å². The first kappa shape index (κ1) is 9.16. The molecule has 0 aliphatic carbocycles. The summed E-state index contributed by atoms with van der Waals surface area (Å²) in [5, 5.41) is 0. The summed E-state index contributed by atoms with van der Waals surface area (Å²) in [6.07, 6.45) is 2.08. The lowest BCUT2D eigenvalue weighted by molar-refractivity contribution is -0.121. The smallest absolute Gasteiger partial charge is 0.146 e. The van der Waals surface area contributed by atoms with Crippen molar-refractivity contribution in [2.75, 3.05) is 20.3 Å². The van der Waals surface area contributed by atoms with Crippen molar-refractivity contribution in [3.63, 3.8) is 0 Å². The highest BCUT2D eigenvalue weighted by molar-refractivity contribution is 5.81. The number of ether oxygens (including phenoxy) is 1. The van der Waals surface area contributed by atoms with Crippen molar-refractivity contribution < 1.29 is 9.53 Å². The minimum Gasteiger partial charge on any atom is -0.381 e. The quantitative estimate of drug-likeness (QED) is 0.599. The van der Waals surface area contributed by atoms with Crippen LogP contribution >= 0.6 is 0 Å². The standard InChI is InChI=1S/C10H17NO2/c1-7(12)10-5-8-6-13-4-3-9(8)11(10)2/h8-10H,3-6H2,1-2H3. The van der Waals surface area contributed by atoms with E-state index in [-0.39, 0.29) is 6.04 Å². The van der Waals surface area contributed by atoms with E-state index in [2.05, 4.69) is 11.9 Å². The van der Waals surface area contributed by atoms with E-state index in [1.165, 1.54) is 0 Å². The van der Waals surface area contributed by atoms with Crippen LogP contribution in [-0.4, -0.2) is 43.0 Å². The van der Waals surface area contributed by atoms with E-state index in [4.69, 9.17) is 4.74 Å². The normalized spacial score (nSPS) is 40.3. The Bertz CT molecular complexity index is 217. The molecule has 0 amide bonds. The minimum absolute atomic E-state index is 0.150. The second-order valence-electron chi connectivity index (χ2n) is 4.22. The lowest BCUT2D eigenvalue weighted by Crippen LogP contribution is -2.40. The van der Waals surface area contributed by atoms with E-state index < -0.39 is 0 Å². The van der Waals surface area contributed by atoms with Crippen LogP contribution in [0.15, 0.2) is 0 Å². The molecule has 0 aromatic rings. The maximum atomic E-state index is 11.3. The van der Waals surface area contributed by atoms with Gasteiger partial charge in [0.1, 0.15) is 5.78 Å². The SMILES string of the molecule is CC(=O)C1CC2COCCC2N1C. The third kappa shape index (κ3) is 1.51. The Morgan fingerprint density at radius 3 is 2.92 bits per heavy atom. The number of likely N-dealkylation sites (N-methyl/N-ethyl adjacent to an activating group) is 1. The molecule has 2 saturated heterocycles. The van der Waals surface area contributed by atoms with Gasteiger partial charge in [-0.25, -0.2) is 0 Å². The maximum Gasteiger partial charge on any atom is 0.146 e. The zero-order valence-electron chi connectivity index (χ0n) is 8.32. The van der Waals surface area contributed by atoms with Crippen LogP contribution in [0, 0.1) is 5.92 Å². The molecular formula is C10H17NO2. The molecule has 0 aromatic heterocycles. The van der Waals surface area contributed by atoms with Gasteiger partial charge in [0.05, 0.1) is 12.6 Å². The van der Waals surface area contributed by atoms with Crippen LogP contribution in [0.4, 0.5) is 0 Å². The number of hydrogen-bond acceptors (Lipinski definition) is 3. The number of carbonyl (C=O) groups is 1. The molecular weight excluding hydrogens is 166 g/mol. The average Bonchev–Trinajstić information content (AvgIpc) is 2.45. The fraction of sp³-hybridized carbons (Fsp3) is 0.900. The van der Waals surface area contributed by atoms with E-state index >= 15 is 0 Å². The fourth-order valence-corrected chi connectivity index (χ4v) is 2.68. The highest BCUT2D eigenvalue weighted by atomic mass is 16.5. The fourth-order valence-electron chi connectivity index (χ4n) is 2.68. The van der Waals surface area contributed by atoms with Gasteiger partial charge in [-0.1, -0.05) is 0 Å². The lowest BCUT2D eigenvalue weighted by Gasteiger charge is -2.30. The average molecular weight is 183 g/mol. The Balaban J connectivity index is 2.09. The number of hydrogen-bond donors (Lipinski definition) is 0. The van der Waals surface area contributed by atoms with Crippen LogP contribution in [0.1, 0.15) is 19.8 Å². The van der Waals surface area contributed by atoms with Crippen LogP contribution < -0.4 is 0 Å². The lowest BCUT2D eigenvalue weighted by atomic mass is 9.95. The first-order chi connectivity index (χ1) is 6.20. The molecule has 0 bridgehead atoms. The number of fused-ring (bicyclic) bond motifs is 1. The van der Waals surface area contributed by atoms with E-state index in [0.717, 1.165) is 26.1 Å². The molecule has 2 rings (SSSR count). The topological polar surface area (TPSA) is 29.5 Å². The molecule has 0 aromatic carbocycles. The van der Waals surface area contributed by atoms with Crippen LogP contribution in [0.2, 0.25) is 0 Å². The molecule has 0 spiro atoms. The van der Waals surface area contributed by atoms with Gasteiger partial charge in [0.2, 0.25) is 0 Å². The second kappa shape index (κ2) is 3.39. The largest absolute Gasteiger partial charge is 0.381 e. The van der Waals surface area contributed by atoms with Gasteiger partial charge in [-0.05, 0) is 32.7 Å². The third-order valence-corrected chi connectivity index (χ3v) is 3.44. The summed E-state index contributed by atoms with van der Waals surface area (Å²) in [5.41, 5.74) is 0. The second-order valence-corrected chi connectivity index (χ2v) is 4.22. The van der Waals surface area contributed by atoms with Crippen LogP contribution in [0.3, 0.4) is 0 Å². The van der Waals surface area contributed by atoms with Crippen molar-refractivity contribution in [3.8, 4) is 0 Å². The highest BCUT2D eigenvalue weighted by Crippen LogP contribution is 2.33. The highest BCUT2D eigenvalue weighted by Gasteiger charge is 2.42. The van der Waals surface area contributed by atoms with Crippen LogP contribution in [-0.2, 0) is 9.53 Å². The molecule has 2 heterocycles. The summed E-state index contributed by atoms with van der Waals surface area (Å²) in [5.74, 6) is 0.893. The van der Waals surface area contributed by atoms with Gasteiger partial charge >= 0.3 is 0 Å². The molecule has 0 N–H and O–H groups in total. The number of rotatable bonds is 1. The van der Waals surface area contributed by atoms with Crippen LogP contribution in [0.25, 0.3) is 0 Å². The summed E-state index contributed by atoms with van der Waals surface area (Å²) >= 11 is 0. The molecule has 0 saturated carbocycles. The van der Waals surface area contributed by atoms with Crippen molar-refractivity contribution in [1.82, 2.24) is 4.90 Å². The summed E-state index contributed by atoms with van der Waals surface area (Å²) in [4.78, 5) is 13.6. The first-order valence-corrected chi connectivity index (χ1v) is 5.00. The summed E-state index contributed by atoms with van der Waals surface area (Å²) < 4.78 is 5.42. The number of nitrogens with zero attached hydrogens (tertiary/aromatic N) is 1. The molecule has 3 unspecified atom stereocenters.